The van der Waals surface area contributed by atoms with Crippen molar-refractivity contribution in [3.63, 3.8) is 0 Å². The zero-order chi connectivity index (χ0) is 10.8. The third kappa shape index (κ3) is 2.07. The Bertz CT molecular complexity index is 460. The minimum Gasteiger partial charge on any atom is -0.438 e. The largest absolute Gasteiger partial charge is 0.438 e. The van der Waals surface area contributed by atoms with E-state index in [2.05, 4.69) is 4.98 Å². The van der Waals surface area contributed by atoms with E-state index in [1.807, 2.05) is 31.2 Å². The maximum atomic E-state index is 9.30. The van der Waals surface area contributed by atoms with Crippen LogP contribution in [0.1, 0.15) is 24.4 Å². The molecule has 0 aliphatic carbocycles. The van der Waals surface area contributed by atoms with Gasteiger partial charge in [0.25, 0.3) is 0 Å². The van der Waals surface area contributed by atoms with E-state index in [0.29, 0.717) is 11.7 Å². The van der Waals surface area contributed by atoms with E-state index in [1.54, 1.807) is 13.1 Å². The Kier molecular flexibility index (Phi) is 2.56. The van der Waals surface area contributed by atoms with Gasteiger partial charge in [-0.25, -0.2) is 4.98 Å². The smallest absolute Gasteiger partial charge is 0.226 e. The number of hydrogen-bond donors (Lipinski definition) is 1. The molecule has 78 valence electrons. The van der Waals surface area contributed by atoms with Crippen molar-refractivity contribution in [2.24, 2.45) is 0 Å². The maximum Gasteiger partial charge on any atom is 0.226 e. The van der Waals surface area contributed by atoms with Crippen LogP contribution >= 0.6 is 0 Å². The summed E-state index contributed by atoms with van der Waals surface area (Å²) in [5.74, 6) is 1.04. The molecule has 0 spiro atoms. The Hall–Kier alpha value is -1.61. The van der Waals surface area contributed by atoms with Gasteiger partial charge in [0, 0.05) is 5.56 Å². The molecule has 0 fully saturated rings. The fourth-order valence-electron chi connectivity index (χ4n) is 1.39. The third-order valence-electron chi connectivity index (χ3n) is 2.20. The van der Waals surface area contributed by atoms with Gasteiger partial charge < -0.3 is 9.52 Å². The van der Waals surface area contributed by atoms with Crippen molar-refractivity contribution < 1.29 is 9.52 Å². The first-order valence-electron chi connectivity index (χ1n) is 4.87. The van der Waals surface area contributed by atoms with E-state index in [9.17, 15) is 5.11 Å². The van der Waals surface area contributed by atoms with Crippen LogP contribution in [-0.4, -0.2) is 10.1 Å². The summed E-state index contributed by atoms with van der Waals surface area (Å²) in [6.07, 6.45) is 0.943. The highest BCUT2D eigenvalue weighted by Gasteiger charge is 2.09. The Morgan fingerprint density at radius 1 is 1.40 bits per heavy atom. The Labute approximate surface area is 88.4 Å². The summed E-state index contributed by atoms with van der Waals surface area (Å²) in [7, 11) is 0. The molecule has 0 saturated heterocycles. The van der Waals surface area contributed by atoms with E-state index in [0.717, 1.165) is 11.1 Å². The fraction of sp³-hybridized carbons (Fsp3) is 0.250. The van der Waals surface area contributed by atoms with Gasteiger partial charge in [-0.1, -0.05) is 17.7 Å². The number of benzene rings is 1. The van der Waals surface area contributed by atoms with Crippen LogP contribution in [0.2, 0.25) is 0 Å². The molecule has 0 aliphatic heterocycles. The molecule has 1 unspecified atom stereocenters. The maximum absolute atomic E-state index is 9.30. The van der Waals surface area contributed by atoms with Crippen molar-refractivity contribution in [3.8, 4) is 11.5 Å². The van der Waals surface area contributed by atoms with Gasteiger partial charge in [0.1, 0.15) is 6.10 Å². The molecule has 1 aromatic carbocycles. The number of nitrogens with zero attached hydrogens (tertiary/aromatic N) is 1. The second-order valence-corrected chi connectivity index (χ2v) is 3.61. The standard InChI is InChI=1S/C12H13NO2/c1-8-4-3-5-10(6-8)12-13-7-11(15-12)9(2)14/h3-7,9,14H,1-2H3. The first-order chi connectivity index (χ1) is 7.16. The van der Waals surface area contributed by atoms with Crippen molar-refractivity contribution in [1.82, 2.24) is 4.98 Å². The van der Waals surface area contributed by atoms with Gasteiger partial charge in [0.15, 0.2) is 5.76 Å². The molecule has 0 radical (unpaired) electrons. The summed E-state index contributed by atoms with van der Waals surface area (Å²) in [6.45, 7) is 3.67. The first kappa shape index (κ1) is 9.93. The van der Waals surface area contributed by atoms with Gasteiger partial charge in [0.05, 0.1) is 6.20 Å². The molecule has 0 amide bonds. The van der Waals surface area contributed by atoms with Crippen LogP contribution < -0.4 is 0 Å². The zero-order valence-electron chi connectivity index (χ0n) is 8.77. The monoisotopic (exact) mass is 203 g/mol. The molecule has 0 bridgehead atoms. The molecular weight excluding hydrogens is 190 g/mol. The zero-order valence-corrected chi connectivity index (χ0v) is 8.77. The second-order valence-electron chi connectivity index (χ2n) is 3.61. The van der Waals surface area contributed by atoms with Crippen LogP contribution in [0, 0.1) is 6.92 Å². The highest BCUT2D eigenvalue weighted by Crippen LogP contribution is 2.22. The van der Waals surface area contributed by atoms with Crippen LogP contribution in [0.5, 0.6) is 0 Å². The molecule has 0 saturated carbocycles. The van der Waals surface area contributed by atoms with Crippen LogP contribution in [0.25, 0.3) is 11.5 Å². The summed E-state index contributed by atoms with van der Waals surface area (Å²) in [6, 6.07) is 7.90. The van der Waals surface area contributed by atoms with E-state index < -0.39 is 6.10 Å². The summed E-state index contributed by atoms with van der Waals surface area (Å²) >= 11 is 0. The van der Waals surface area contributed by atoms with Crippen molar-refractivity contribution in [1.29, 1.82) is 0 Å². The van der Waals surface area contributed by atoms with Gasteiger partial charge in [-0.3, -0.25) is 0 Å². The van der Waals surface area contributed by atoms with Crippen molar-refractivity contribution in [3.05, 3.63) is 41.8 Å². The minimum atomic E-state index is -0.615. The van der Waals surface area contributed by atoms with Gasteiger partial charge in [-0.2, -0.15) is 0 Å². The predicted octanol–water partition coefficient (Wildman–Crippen LogP) is 2.70. The lowest BCUT2D eigenvalue weighted by Gasteiger charge is -1.98. The molecule has 1 aromatic heterocycles. The SMILES string of the molecule is Cc1cccc(-c2ncc(C(C)O)o2)c1. The van der Waals surface area contributed by atoms with Gasteiger partial charge in [0.2, 0.25) is 5.89 Å². The molecule has 3 nitrogen and oxygen atoms in total. The lowest BCUT2D eigenvalue weighted by Crippen LogP contribution is -1.85. The van der Waals surface area contributed by atoms with Crippen LogP contribution in [0.4, 0.5) is 0 Å². The van der Waals surface area contributed by atoms with E-state index in [1.165, 1.54) is 0 Å². The molecule has 2 rings (SSSR count). The predicted molar refractivity (Wildman–Crippen MR) is 57.3 cm³/mol. The number of aryl methyl sites for hydroxylation is 1. The van der Waals surface area contributed by atoms with E-state index >= 15 is 0 Å². The summed E-state index contributed by atoms with van der Waals surface area (Å²) < 4.78 is 5.42. The average Bonchev–Trinajstić information content (AvgIpc) is 2.66. The third-order valence-corrected chi connectivity index (χ3v) is 2.20. The van der Waals surface area contributed by atoms with Gasteiger partial charge in [-0.15, -0.1) is 0 Å². The first-order valence-corrected chi connectivity index (χ1v) is 4.87. The topological polar surface area (TPSA) is 46.3 Å². The molecular formula is C12H13NO2. The number of aromatic nitrogens is 1. The average molecular weight is 203 g/mol. The quantitative estimate of drug-likeness (QED) is 0.816. The normalized spacial score (nSPS) is 12.7. The van der Waals surface area contributed by atoms with Crippen molar-refractivity contribution >= 4 is 0 Å². The molecule has 1 atom stereocenters. The molecule has 3 heteroatoms. The lowest BCUT2D eigenvalue weighted by atomic mass is 10.1. The number of hydrogen-bond acceptors (Lipinski definition) is 3. The number of aliphatic hydroxyl groups is 1. The Morgan fingerprint density at radius 2 is 2.20 bits per heavy atom. The van der Waals surface area contributed by atoms with Crippen LogP contribution in [-0.2, 0) is 0 Å². The van der Waals surface area contributed by atoms with Gasteiger partial charge >= 0.3 is 0 Å². The second kappa shape index (κ2) is 3.87. The van der Waals surface area contributed by atoms with Crippen LogP contribution in [0.15, 0.2) is 34.9 Å². The van der Waals surface area contributed by atoms with Crippen molar-refractivity contribution in [2.45, 2.75) is 20.0 Å². The molecule has 2 aromatic rings. The number of aliphatic hydroxyl groups excluding tert-OH is 1. The Balaban J connectivity index is 2.37. The molecule has 15 heavy (non-hydrogen) atoms. The molecule has 1 heterocycles. The fourth-order valence-corrected chi connectivity index (χ4v) is 1.39. The summed E-state index contributed by atoms with van der Waals surface area (Å²) in [5, 5.41) is 9.30. The van der Waals surface area contributed by atoms with E-state index in [-0.39, 0.29) is 0 Å². The minimum absolute atomic E-state index is 0.492. The molecule has 0 aliphatic rings. The molecule has 1 N–H and O–H groups in total. The van der Waals surface area contributed by atoms with Gasteiger partial charge in [-0.05, 0) is 26.0 Å². The lowest BCUT2D eigenvalue weighted by molar-refractivity contribution is 0.170. The highest BCUT2D eigenvalue weighted by molar-refractivity contribution is 5.54. The Morgan fingerprint density at radius 3 is 2.80 bits per heavy atom. The van der Waals surface area contributed by atoms with Crippen molar-refractivity contribution in [2.75, 3.05) is 0 Å². The van der Waals surface area contributed by atoms with Crippen LogP contribution in [0.3, 0.4) is 0 Å². The number of oxazole rings is 1. The highest BCUT2D eigenvalue weighted by atomic mass is 16.4. The van der Waals surface area contributed by atoms with E-state index in [4.69, 9.17) is 4.42 Å². The summed E-state index contributed by atoms with van der Waals surface area (Å²) in [4.78, 5) is 4.12. The number of rotatable bonds is 2. The summed E-state index contributed by atoms with van der Waals surface area (Å²) in [5.41, 5.74) is 2.09.